The fourth-order valence-electron chi connectivity index (χ4n) is 2.39. The third-order valence-corrected chi connectivity index (χ3v) is 5.41. The van der Waals surface area contributed by atoms with Gasteiger partial charge in [0.1, 0.15) is 16.4 Å². The Bertz CT molecular complexity index is 967. The predicted molar refractivity (Wildman–Crippen MR) is 92.1 cm³/mol. The summed E-state index contributed by atoms with van der Waals surface area (Å²) in [5.41, 5.74) is 0.186. The Morgan fingerprint density at radius 3 is 2.52 bits per heavy atom. The Hall–Kier alpha value is -2.79. The van der Waals surface area contributed by atoms with Gasteiger partial charge in [0.2, 0.25) is 15.9 Å². The van der Waals surface area contributed by atoms with Crippen LogP contribution in [0.15, 0.2) is 27.6 Å². The van der Waals surface area contributed by atoms with Crippen LogP contribution in [0.25, 0.3) is 0 Å². The molecular formula is C16H18FN3O6S. The highest BCUT2D eigenvalue weighted by molar-refractivity contribution is 7.89. The zero-order valence-corrected chi connectivity index (χ0v) is 15.6. The van der Waals surface area contributed by atoms with Crippen molar-refractivity contribution in [1.29, 1.82) is 0 Å². The molecule has 2 aromatic rings. The summed E-state index contributed by atoms with van der Waals surface area (Å²) in [6.45, 7) is 4.21. The van der Waals surface area contributed by atoms with Gasteiger partial charge >= 0.3 is 5.97 Å². The zero-order valence-electron chi connectivity index (χ0n) is 14.7. The molecule has 0 fully saturated rings. The van der Waals surface area contributed by atoms with Crippen molar-refractivity contribution >= 4 is 27.6 Å². The lowest BCUT2D eigenvalue weighted by molar-refractivity contribution is -0.136. The van der Waals surface area contributed by atoms with E-state index >= 15 is 0 Å². The van der Waals surface area contributed by atoms with E-state index < -0.39 is 40.2 Å². The van der Waals surface area contributed by atoms with Gasteiger partial charge in [-0.25, -0.2) is 12.8 Å². The largest absolute Gasteiger partial charge is 0.481 e. The highest BCUT2D eigenvalue weighted by Crippen LogP contribution is 2.19. The van der Waals surface area contributed by atoms with Gasteiger partial charge in [-0.1, -0.05) is 11.2 Å². The van der Waals surface area contributed by atoms with E-state index in [4.69, 9.17) is 9.63 Å². The summed E-state index contributed by atoms with van der Waals surface area (Å²) in [4.78, 5) is 22.7. The summed E-state index contributed by atoms with van der Waals surface area (Å²) in [6, 6.07) is 2.35. The first-order valence-corrected chi connectivity index (χ1v) is 9.26. The van der Waals surface area contributed by atoms with Crippen molar-refractivity contribution in [3.05, 3.63) is 41.0 Å². The average Bonchev–Trinajstić information content (AvgIpc) is 2.88. The molecule has 9 nitrogen and oxygen atoms in total. The van der Waals surface area contributed by atoms with E-state index in [0.717, 1.165) is 6.07 Å². The second kappa shape index (κ2) is 7.84. The van der Waals surface area contributed by atoms with E-state index in [9.17, 15) is 22.4 Å². The number of amides is 1. The maximum absolute atomic E-state index is 13.9. The molecule has 11 heteroatoms. The van der Waals surface area contributed by atoms with Crippen LogP contribution in [-0.2, 0) is 26.0 Å². The Morgan fingerprint density at radius 1 is 1.33 bits per heavy atom. The Morgan fingerprint density at radius 2 is 2.00 bits per heavy atom. The topological polar surface area (TPSA) is 139 Å². The quantitative estimate of drug-likeness (QED) is 0.639. The van der Waals surface area contributed by atoms with Crippen molar-refractivity contribution in [3.8, 4) is 0 Å². The number of hydrogen-bond donors (Lipinski definition) is 3. The molecule has 1 atom stereocenters. The minimum Gasteiger partial charge on any atom is -0.481 e. The van der Waals surface area contributed by atoms with Crippen LogP contribution in [0.1, 0.15) is 23.9 Å². The summed E-state index contributed by atoms with van der Waals surface area (Å²) in [6.07, 6.45) is -0.492. The number of carboxylic acid groups (broad SMARTS) is 1. The fourth-order valence-corrected chi connectivity index (χ4v) is 3.92. The van der Waals surface area contributed by atoms with Crippen molar-refractivity contribution in [2.24, 2.45) is 0 Å². The molecule has 1 amide bonds. The SMILES string of the molecule is Cc1noc(C)c1S(=O)(=O)NC(C)C(=O)Nc1ccc(CC(=O)O)c(F)c1. The number of aryl methyl sites for hydroxylation is 2. The van der Waals surface area contributed by atoms with Crippen LogP contribution in [0.4, 0.5) is 10.1 Å². The van der Waals surface area contributed by atoms with Gasteiger partial charge in [-0.15, -0.1) is 0 Å². The second-order valence-electron chi connectivity index (χ2n) is 5.86. The van der Waals surface area contributed by atoms with E-state index in [-0.39, 0.29) is 27.6 Å². The van der Waals surface area contributed by atoms with Crippen molar-refractivity contribution in [2.75, 3.05) is 5.32 Å². The monoisotopic (exact) mass is 399 g/mol. The number of halogens is 1. The summed E-state index contributed by atoms with van der Waals surface area (Å²) >= 11 is 0. The van der Waals surface area contributed by atoms with Gasteiger partial charge in [-0.3, -0.25) is 9.59 Å². The summed E-state index contributed by atoms with van der Waals surface area (Å²) < 4.78 is 45.7. The lowest BCUT2D eigenvalue weighted by Crippen LogP contribution is -2.41. The van der Waals surface area contributed by atoms with Gasteiger partial charge in [-0.2, -0.15) is 4.72 Å². The van der Waals surface area contributed by atoms with Gasteiger partial charge in [0.05, 0.1) is 12.5 Å². The first-order valence-electron chi connectivity index (χ1n) is 7.77. The van der Waals surface area contributed by atoms with Crippen LogP contribution < -0.4 is 10.0 Å². The number of anilines is 1. The standard InChI is InChI=1S/C16H18FN3O6S/c1-8-15(10(3)26-19-8)27(24,25)20-9(2)16(23)18-12-5-4-11(6-14(21)22)13(17)7-12/h4-5,7,9,20H,6H2,1-3H3,(H,18,23)(H,21,22). The molecule has 0 bridgehead atoms. The molecule has 0 saturated carbocycles. The van der Waals surface area contributed by atoms with Crippen LogP contribution in [0, 0.1) is 19.7 Å². The Balaban J connectivity index is 2.10. The van der Waals surface area contributed by atoms with Gasteiger partial charge < -0.3 is 14.9 Å². The molecule has 1 unspecified atom stereocenters. The minimum absolute atomic E-state index is 0.0346. The van der Waals surface area contributed by atoms with Crippen molar-refractivity contribution in [1.82, 2.24) is 9.88 Å². The van der Waals surface area contributed by atoms with Crippen LogP contribution in [0.5, 0.6) is 0 Å². The summed E-state index contributed by atoms with van der Waals surface area (Å²) in [5, 5.41) is 14.6. The van der Waals surface area contributed by atoms with E-state index in [0.29, 0.717) is 0 Å². The van der Waals surface area contributed by atoms with E-state index in [1.165, 1.54) is 32.9 Å². The van der Waals surface area contributed by atoms with Gasteiger partial charge in [-0.05, 0) is 38.5 Å². The molecule has 0 aliphatic rings. The lowest BCUT2D eigenvalue weighted by atomic mass is 10.1. The van der Waals surface area contributed by atoms with Crippen LogP contribution in [0.3, 0.4) is 0 Å². The molecule has 0 spiro atoms. The normalized spacial score (nSPS) is 12.6. The minimum atomic E-state index is -4.05. The summed E-state index contributed by atoms with van der Waals surface area (Å²) in [7, 11) is -4.05. The van der Waals surface area contributed by atoms with Gasteiger partial charge in [0.25, 0.3) is 0 Å². The molecule has 1 aromatic carbocycles. The number of nitrogens with zero attached hydrogens (tertiary/aromatic N) is 1. The smallest absolute Gasteiger partial charge is 0.307 e. The third-order valence-electron chi connectivity index (χ3n) is 3.62. The van der Waals surface area contributed by atoms with E-state index in [1.807, 2.05) is 0 Å². The van der Waals surface area contributed by atoms with Crippen LogP contribution >= 0.6 is 0 Å². The number of nitrogens with one attached hydrogen (secondary N) is 2. The number of carboxylic acids is 1. The van der Waals surface area contributed by atoms with Gasteiger partial charge in [0, 0.05) is 5.69 Å². The van der Waals surface area contributed by atoms with E-state index in [1.54, 1.807) is 0 Å². The highest BCUT2D eigenvalue weighted by atomic mass is 32.2. The number of aromatic nitrogens is 1. The Labute approximate surface area is 154 Å². The molecule has 2 rings (SSSR count). The van der Waals surface area contributed by atoms with Crippen LogP contribution in [0.2, 0.25) is 0 Å². The maximum Gasteiger partial charge on any atom is 0.307 e. The molecule has 146 valence electrons. The molecule has 27 heavy (non-hydrogen) atoms. The van der Waals surface area contributed by atoms with Crippen LogP contribution in [-0.4, -0.2) is 36.6 Å². The first kappa shape index (κ1) is 20.5. The maximum atomic E-state index is 13.9. The average molecular weight is 399 g/mol. The zero-order chi connectivity index (χ0) is 20.4. The molecule has 0 radical (unpaired) electrons. The first-order chi connectivity index (χ1) is 12.5. The molecule has 0 aliphatic heterocycles. The van der Waals surface area contributed by atoms with Crippen molar-refractivity contribution < 1.29 is 32.0 Å². The van der Waals surface area contributed by atoms with Crippen molar-refractivity contribution in [3.63, 3.8) is 0 Å². The fraction of sp³-hybridized carbons (Fsp3) is 0.312. The molecule has 0 saturated heterocycles. The molecule has 3 N–H and O–H groups in total. The molecular weight excluding hydrogens is 381 g/mol. The number of carbonyl (C=O) groups excluding carboxylic acids is 1. The molecule has 1 heterocycles. The third kappa shape index (κ3) is 4.89. The molecule has 0 aliphatic carbocycles. The highest BCUT2D eigenvalue weighted by Gasteiger charge is 2.28. The number of sulfonamides is 1. The number of rotatable bonds is 7. The molecule has 1 aromatic heterocycles. The van der Waals surface area contributed by atoms with Crippen molar-refractivity contribution in [2.45, 2.75) is 38.1 Å². The lowest BCUT2D eigenvalue weighted by Gasteiger charge is -2.14. The summed E-state index contributed by atoms with van der Waals surface area (Å²) in [5.74, 6) is -2.62. The Kier molecular flexibility index (Phi) is 5.96. The van der Waals surface area contributed by atoms with Gasteiger partial charge in [0.15, 0.2) is 5.76 Å². The van der Waals surface area contributed by atoms with E-state index in [2.05, 4.69) is 15.2 Å². The number of benzene rings is 1. The number of aliphatic carboxylic acids is 1. The predicted octanol–water partition coefficient (Wildman–Crippen LogP) is 1.36. The number of hydrogen-bond acceptors (Lipinski definition) is 6. The number of carbonyl (C=O) groups is 2. The second-order valence-corrected chi connectivity index (χ2v) is 7.51.